The molecule has 94 valence electrons. The quantitative estimate of drug-likeness (QED) is 0.838. The minimum absolute atomic E-state index is 0.0684. The predicted molar refractivity (Wildman–Crippen MR) is 73.3 cm³/mol. The Kier molecular flexibility index (Phi) is 4.30. The van der Waals surface area contributed by atoms with E-state index in [0.717, 1.165) is 17.2 Å². The fourth-order valence-electron chi connectivity index (χ4n) is 1.54. The summed E-state index contributed by atoms with van der Waals surface area (Å²) in [4.78, 5) is 16.7. The second-order valence-corrected chi connectivity index (χ2v) is 4.79. The van der Waals surface area contributed by atoms with Crippen LogP contribution in [-0.4, -0.2) is 22.0 Å². The second kappa shape index (κ2) is 6.16. The van der Waals surface area contributed by atoms with Gasteiger partial charge in [-0.3, -0.25) is 4.79 Å². The Labute approximate surface area is 110 Å². The fourth-order valence-corrected chi connectivity index (χ4v) is 2.16. The minimum Gasteiger partial charge on any atom is -0.351 e. The normalized spacial score (nSPS) is 10.9. The van der Waals surface area contributed by atoms with E-state index in [1.807, 2.05) is 41.3 Å². The summed E-state index contributed by atoms with van der Waals surface area (Å²) >= 11 is 1.61. The largest absolute Gasteiger partial charge is 0.351 e. The summed E-state index contributed by atoms with van der Waals surface area (Å²) in [7, 11) is 0. The number of amides is 1. The third-order valence-corrected chi connectivity index (χ3v) is 3.36. The number of hydrogen-bond donors (Lipinski definition) is 1. The molecule has 0 unspecified atom stereocenters. The van der Waals surface area contributed by atoms with E-state index in [1.54, 1.807) is 23.6 Å². The monoisotopic (exact) mass is 261 g/mol. The molecule has 4 nitrogen and oxygen atoms in total. The number of nitrogens with one attached hydrogen (secondary N) is 1. The molecule has 0 bridgehead atoms. The molecule has 0 fully saturated rings. The van der Waals surface area contributed by atoms with Gasteiger partial charge in [0.2, 0.25) is 5.91 Å². The Hall–Kier alpha value is -1.88. The van der Waals surface area contributed by atoms with E-state index in [2.05, 4.69) is 10.3 Å². The van der Waals surface area contributed by atoms with E-state index in [0.29, 0.717) is 6.54 Å². The average Bonchev–Trinajstić information content (AvgIpc) is 2.99. The summed E-state index contributed by atoms with van der Waals surface area (Å²) in [6.45, 7) is 3.29. The van der Waals surface area contributed by atoms with Crippen LogP contribution in [0.15, 0.2) is 36.0 Å². The molecule has 0 aromatic carbocycles. The molecule has 1 N–H and O–H groups in total. The predicted octanol–water partition coefficient (Wildman–Crippen LogP) is 2.08. The molecule has 18 heavy (non-hydrogen) atoms. The summed E-state index contributed by atoms with van der Waals surface area (Å²) in [5.74, 6) is 0.888. The molecule has 2 rings (SSSR count). The molecule has 1 amide bonds. The summed E-state index contributed by atoms with van der Waals surface area (Å²) < 4.78 is 2.00. The zero-order valence-electron chi connectivity index (χ0n) is 10.2. The highest BCUT2D eigenvalue weighted by Gasteiger charge is 1.98. The fraction of sp³-hybridized carbons (Fsp3) is 0.231. The summed E-state index contributed by atoms with van der Waals surface area (Å²) in [6.07, 6.45) is 7.05. The Balaban J connectivity index is 1.74. The molecule has 0 atom stereocenters. The van der Waals surface area contributed by atoms with Gasteiger partial charge in [-0.15, -0.1) is 11.3 Å². The Morgan fingerprint density at radius 2 is 2.50 bits per heavy atom. The molecule has 2 aromatic heterocycles. The van der Waals surface area contributed by atoms with Gasteiger partial charge in [-0.1, -0.05) is 6.07 Å². The van der Waals surface area contributed by atoms with Crippen LogP contribution in [0.5, 0.6) is 0 Å². The van der Waals surface area contributed by atoms with Crippen molar-refractivity contribution in [2.75, 3.05) is 6.54 Å². The van der Waals surface area contributed by atoms with Crippen molar-refractivity contribution in [2.45, 2.75) is 13.5 Å². The first kappa shape index (κ1) is 12.6. The third-order valence-electron chi connectivity index (χ3n) is 2.52. The molecular weight excluding hydrogens is 246 g/mol. The first-order valence-electron chi connectivity index (χ1n) is 5.73. The lowest BCUT2D eigenvalue weighted by atomic mass is 10.4. The molecule has 0 aliphatic rings. The number of imidazole rings is 1. The molecule has 0 aliphatic heterocycles. The number of nitrogens with zero attached hydrogens (tertiary/aromatic N) is 2. The van der Waals surface area contributed by atoms with Crippen LogP contribution < -0.4 is 5.32 Å². The van der Waals surface area contributed by atoms with Gasteiger partial charge >= 0.3 is 0 Å². The van der Waals surface area contributed by atoms with Crippen LogP contribution in [0, 0.1) is 6.92 Å². The van der Waals surface area contributed by atoms with Gasteiger partial charge in [-0.2, -0.15) is 0 Å². The van der Waals surface area contributed by atoms with Crippen molar-refractivity contribution in [1.82, 2.24) is 14.9 Å². The van der Waals surface area contributed by atoms with Crippen molar-refractivity contribution in [3.63, 3.8) is 0 Å². The highest BCUT2D eigenvalue weighted by molar-refractivity contribution is 7.10. The van der Waals surface area contributed by atoms with Crippen LogP contribution in [0.25, 0.3) is 6.08 Å². The second-order valence-electron chi connectivity index (χ2n) is 3.81. The number of hydrogen-bond acceptors (Lipinski definition) is 3. The van der Waals surface area contributed by atoms with Gasteiger partial charge in [0.05, 0.1) is 0 Å². The summed E-state index contributed by atoms with van der Waals surface area (Å²) in [5.41, 5.74) is 0. The minimum atomic E-state index is -0.0684. The molecule has 0 saturated carbocycles. The molecule has 2 heterocycles. The SMILES string of the molecule is Cc1nccn1CCNC(=O)C=Cc1cccs1. The van der Waals surface area contributed by atoms with Crippen LogP contribution in [0.2, 0.25) is 0 Å². The Morgan fingerprint density at radius 3 is 3.17 bits per heavy atom. The summed E-state index contributed by atoms with van der Waals surface area (Å²) in [5, 5.41) is 4.83. The van der Waals surface area contributed by atoms with Gasteiger partial charge in [0.25, 0.3) is 0 Å². The zero-order chi connectivity index (χ0) is 12.8. The number of rotatable bonds is 5. The van der Waals surface area contributed by atoms with E-state index in [4.69, 9.17) is 0 Å². The molecule has 0 aliphatic carbocycles. The number of carbonyl (C=O) groups is 1. The number of thiophene rings is 1. The van der Waals surface area contributed by atoms with Crippen LogP contribution in [0.4, 0.5) is 0 Å². The summed E-state index contributed by atoms with van der Waals surface area (Å²) in [6, 6.07) is 3.94. The molecule has 0 spiro atoms. The first-order valence-corrected chi connectivity index (χ1v) is 6.61. The maximum Gasteiger partial charge on any atom is 0.244 e. The van der Waals surface area contributed by atoms with Crippen molar-refractivity contribution in [1.29, 1.82) is 0 Å². The smallest absolute Gasteiger partial charge is 0.244 e. The molecule has 5 heteroatoms. The van der Waals surface area contributed by atoms with Crippen LogP contribution >= 0.6 is 11.3 Å². The van der Waals surface area contributed by atoms with E-state index in [9.17, 15) is 4.79 Å². The van der Waals surface area contributed by atoms with Gasteiger partial charge in [-0.25, -0.2) is 4.98 Å². The number of aryl methyl sites for hydroxylation is 1. The van der Waals surface area contributed by atoms with E-state index in [-0.39, 0.29) is 5.91 Å². The first-order chi connectivity index (χ1) is 8.75. The highest BCUT2D eigenvalue weighted by Crippen LogP contribution is 2.09. The van der Waals surface area contributed by atoms with Crippen molar-refractivity contribution >= 4 is 23.3 Å². The number of carbonyl (C=O) groups excluding carboxylic acids is 1. The van der Waals surface area contributed by atoms with Gasteiger partial charge in [0.1, 0.15) is 5.82 Å². The standard InChI is InChI=1S/C13H15N3OS/c1-11-14-6-8-16(11)9-7-15-13(17)5-4-12-3-2-10-18-12/h2-6,8,10H,7,9H2,1H3,(H,15,17). The van der Waals surface area contributed by atoms with E-state index < -0.39 is 0 Å². The molecular formula is C13H15N3OS. The lowest BCUT2D eigenvalue weighted by Crippen LogP contribution is -2.25. The number of aromatic nitrogens is 2. The van der Waals surface area contributed by atoms with Crippen molar-refractivity contribution < 1.29 is 4.79 Å². The maximum absolute atomic E-state index is 11.5. The Morgan fingerprint density at radius 1 is 1.61 bits per heavy atom. The molecule has 0 saturated heterocycles. The van der Waals surface area contributed by atoms with Crippen LogP contribution in [-0.2, 0) is 11.3 Å². The highest BCUT2D eigenvalue weighted by atomic mass is 32.1. The average molecular weight is 261 g/mol. The van der Waals surface area contributed by atoms with E-state index >= 15 is 0 Å². The lowest BCUT2D eigenvalue weighted by Gasteiger charge is -2.05. The van der Waals surface area contributed by atoms with Crippen molar-refractivity contribution in [2.24, 2.45) is 0 Å². The van der Waals surface area contributed by atoms with Gasteiger partial charge in [-0.05, 0) is 24.4 Å². The van der Waals surface area contributed by atoms with Gasteiger partial charge in [0.15, 0.2) is 0 Å². The van der Waals surface area contributed by atoms with Gasteiger partial charge in [0, 0.05) is 36.4 Å². The maximum atomic E-state index is 11.5. The molecule has 0 radical (unpaired) electrons. The Bertz CT molecular complexity index is 528. The van der Waals surface area contributed by atoms with E-state index in [1.165, 1.54) is 0 Å². The van der Waals surface area contributed by atoms with Crippen LogP contribution in [0.3, 0.4) is 0 Å². The zero-order valence-corrected chi connectivity index (χ0v) is 11.0. The third kappa shape index (κ3) is 3.56. The lowest BCUT2D eigenvalue weighted by molar-refractivity contribution is -0.116. The molecule has 2 aromatic rings. The topological polar surface area (TPSA) is 46.9 Å². The van der Waals surface area contributed by atoms with Crippen molar-refractivity contribution in [3.8, 4) is 0 Å². The van der Waals surface area contributed by atoms with Crippen LogP contribution in [0.1, 0.15) is 10.7 Å². The van der Waals surface area contributed by atoms with Gasteiger partial charge < -0.3 is 9.88 Å². The van der Waals surface area contributed by atoms with Crippen molar-refractivity contribution in [3.05, 3.63) is 46.7 Å².